The van der Waals surface area contributed by atoms with Gasteiger partial charge in [-0.1, -0.05) is 17.7 Å². The number of rotatable bonds is 4. The second-order valence-electron chi connectivity index (χ2n) is 3.45. The summed E-state index contributed by atoms with van der Waals surface area (Å²) in [6, 6.07) is 11.4. The van der Waals surface area contributed by atoms with Crippen LogP contribution in [0.25, 0.3) is 0 Å². The topological polar surface area (TPSA) is 34.1 Å². The highest BCUT2D eigenvalue weighted by atomic mass is 35.5. The van der Waals surface area contributed by atoms with Crippen LogP contribution in [-0.4, -0.2) is 11.6 Å². The minimum atomic E-state index is 0.624. The first-order valence-electron chi connectivity index (χ1n) is 5.39. The van der Waals surface area contributed by atoms with Gasteiger partial charge in [-0.3, -0.25) is 0 Å². The maximum atomic E-state index is 5.77. The van der Waals surface area contributed by atoms with Crippen molar-refractivity contribution in [3.63, 3.8) is 0 Å². The molecule has 0 radical (unpaired) electrons. The second-order valence-corrected chi connectivity index (χ2v) is 3.88. The van der Waals surface area contributed by atoms with Crippen LogP contribution in [0.5, 0.6) is 5.75 Å². The number of nitrogens with one attached hydrogen (secondary N) is 1. The number of aromatic nitrogens is 1. The Morgan fingerprint density at radius 2 is 2.18 bits per heavy atom. The molecule has 0 aliphatic heterocycles. The van der Waals surface area contributed by atoms with Crippen molar-refractivity contribution in [2.75, 3.05) is 11.9 Å². The molecule has 0 bridgehead atoms. The fourth-order valence-electron chi connectivity index (χ4n) is 1.43. The Kier molecular flexibility index (Phi) is 3.83. The molecule has 1 N–H and O–H groups in total. The third kappa shape index (κ3) is 3.36. The van der Waals surface area contributed by atoms with E-state index in [0.29, 0.717) is 11.6 Å². The molecule has 0 saturated heterocycles. The van der Waals surface area contributed by atoms with Gasteiger partial charge in [0, 0.05) is 18.0 Å². The van der Waals surface area contributed by atoms with E-state index in [1.165, 1.54) is 0 Å². The molecular formula is C13H13ClN2O. The second kappa shape index (κ2) is 5.55. The number of nitrogens with zero attached hydrogens (tertiary/aromatic N) is 1. The van der Waals surface area contributed by atoms with Crippen LogP contribution in [0.2, 0.25) is 5.02 Å². The molecule has 0 fully saturated rings. The summed E-state index contributed by atoms with van der Waals surface area (Å²) in [6.07, 6.45) is 1.61. The molecule has 88 valence electrons. The van der Waals surface area contributed by atoms with E-state index >= 15 is 0 Å². The number of anilines is 2. The molecule has 0 saturated carbocycles. The molecule has 2 aromatic rings. The molecule has 1 heterocycles. The van der Waals surface area contributed by atoms with E-state index in [1.54, 1.807) is 12.3 Å². The van der Waals surface area contributed by atoms with Crippen LogP contribution >= 0.6 is 11.6 Å². The molecule has 2 rings (SSSR count). The monoisotopic (exact) mass is 248 g/mol. The highest BCUT2D eigenvalue weighted by molar-refractivity contribution is 6.30. The lowest BCUT2D eigenvalue weighted by Gasteiger charge is -2.08. The lowest BCUT2D eigenvalue weighted by atomic mass is 10.3. The predicted octanol–water partition coefficient (Wildman–Crippen LogP) is 3.88. The van der Waals surface area contributed by atoms with Crippen LogP contribution in [0.15, 0.2) is 42.6 Å². The van der Waals surface area contributed by atoms with Crippen molar-refractivity contribution in [3.05, 3.63) is 47.6 Å². The number of benzene rings is 1. The van der Waals surface area contributed by atoms with Gasteiger partial charge in [-0.05, 0) is 31.2 Å². The van der Waals surface area contributed by atoms with Gasteiger partial charge in [-0.2, -0.15) is 0 Å². The van der Waals surface area contributed by atoms with Crippen LogP contribution in [0.1, 0.15) is 6.92 Å². The summed E-state index contributed by atoms with van der Waals surface area (Å²) in [4.78, 5) is 4.17. The van der Waals surface area contributed by atoms with Gasteiger partial charge < -0.3 is 10.1 Å². The molecule has 0 aliphatic rings. The third-order valence-corrected chi connectivity index (χ3v) is 2.37. The molecule has 4 heteroatoms. The van der Waals surface area contributed by atoms with Crippen molar-refractivity contribution in [3.8, 4) is 5.75 Å². The average molecular weight is 249 g/mol. The Morgan fingerprint density at radius 3 is 2.88 bits per heavy atom. The summed E-state index contributed by atoms with van der Waals surface area (Å²) >= 11 is 5.77. The Morgan fingerprint density at radius 1 is 1.29 bits per heavy atom. The number of hydrogen-bond donors (Lipinski definition) is 1. The number of halogens is 1. The highest BCUT2D eigenvalue weighted by Crippen LogP contribution is 2.21. The third-order valence-electron chi connectivity index (χ3n) is 2.14. The van der Waals surface area contributed by atoms with Gasteiger partial charge in [0.05, 0.1) is 11.6 Å². The molecule has 0 spiro atoms. The fourth-order valence-corrected chi connectivity index (χ4v) is 1.54. The van der Waals surface area contributed by atoms with Gasteiger partial charge in [-0.15, -0.1) is 0 Å². The van der Waals surface area contributed by atoms with Gasteiger partial charge in [0.25, 0.3) is 0 Å². The van der Waals surface area contributed by atoms with E-state index in [0.717, 1.165) is 17.3 Å². The molecule has 0 aliphatic carbocycles. The molecule has 17 heavy (non-hydrogen) atoms. The predicted molar refractivity (Wildman–Crippen MR) is 70.1 cm³/mol. The average Bonchev–Trinajstić information content (AvgIpc) is 2.33. The van der Waals surface area contributed by atoms with Crippen molar-refractivity contribution in [2.45, 2.75) is 6.92 Å². The van der Waals surface area contributed by atoms with Crippen molar-refractivity contribution < 1.29 is 4.74 Å². The van der Waals surface area contributed by atoms with Gasteiger partial charge in [0.2, 0.25) is 0 Å². The fraction of sp³-hybridized carbons (Fsp3) is 0.154. The van der Waals surface area contributed by atoms with Gasteiger partial charge in [0.1, 0.15) is 11.6 Å². The number of ether oxygens (including phenoxy) is 1. The smallest absolute Gasteiger partial charge is 0.130 e. The maximum Gasteiger partial charge on any atom is 0.130 e. The van der Waals surface area contributed by atoms with Gasteiger partial charge in [0.15, 0.2) is 0 Å². The lowest BCUT2D eigenvalue weighted by molar-refractivity contribution is 0.340. The number of hydrogen-bond acceptors (Lipinski definition) is 3. The summed E-state index contributed by atoms with van der Waals surface area (Å²) in [5.74, 6) is 1.59. The quantitative estimate of drug-likeness (QED) is 0.892. The summed E-state index contributed by atoms with van der Waals surface area (Å²) in [5, 5.41) is 3.80. The van der Waals surface area contributed by atoms with Crippen LogP contribution in [0.3, 0.4) is 0 Å². The zero-order chi connectivity index (χ0) is 12.1. The van der Waals surface area contributed by atoms with E-state index in [-0.39, 0.29) is 0 Å². The van der Waals surface area contributed by atoms with Gasteiger partial charge >= 0.3 is 0 Å². The molecular weight excluding hydrogens is 236 g/mol. The molecule has 3 nitrogen and oxygen atoms in total. The molecule has 0 atom stereocenters. The Balaban J connectivity index is 2.12. The zero-order valence-electron chi connectivity index (χ0n) is 9.48. The molecule has 0 amide bonds. The standard InChI is InChI=1S/C13H13ClN2O/c1-2-17-12-5-3-4-11(8-12)16-13-7-6-10(14)9-15-13/h3-9H,2H2,1H3,(H,15,16). The lowest BCUT2D eigenvalue weighted by Crippen LogP contribution is -1.95. The summed E-state index contributed by atoms with van der Waals surface area (Å²) in [7, 11) is 0. The van der Waals surface area contributed by atoms with E-state index in [1.807, 2.05) is 37.3 Å². The van der Waals surface area contributed by atoms with Crippen molar-refractivity contribution in [1.29, 1.82) is 0 Å². The zero-order valence-corrected chi connectivity index (χ0v) is 10.2. The minimum absolute atomic E-state index is 0.624. The van der Waals surface area contributed by atoms with E-state index in [9.17, 15) is 0 Å². The van der Waals surface area contributed by atoms with E-state index < -0.39 is 0 Å². The van der Waals surface area contributed by atoms with Crippen LogP contribution in [0, 0.1) is 0 Å². The highest BCUT2D eigenvalue weighted by Gasteiger charge is 1.98. The Bertz CT molecular complexity index is 485. The van der Waals surface area contributed by atoms with E-state index in [4.69, 9.17) is 16.3 Å². The molecule has 0 unspecified atom stereocenters. The molecule has 1 aromatic carbocycles. The summed E-state index contributed by atoms with van der Waals surface area (Å²) < 4.78 is 5.42. The normalized spacial score (nSPS) is 10.0. The van der Waals surface area contributed by atoms with Crippen LogP contribution in [-0.2, 0) is 0 Å². The van der Waals surface area contributed by atoms with Crippen LogP contribution < -0.4 is 10.1 Å². The maximum absolute atomic E-state index is 5.77. The van der Waals surface area contributed by atoms with Crippen molar-refractivity contribution in [2.24, 2.45) is 0 Å². The SMILES string of the molecule is CCOc1cccc(Nc2ccc(Cl)cn2)c1. The Labute approximate surface area is 105 Å². The molecule has 1 aromatic heterocycles. The minimum Gasteiger partial charge on any atom is -0.494 e. The number of pyridine rings is 1. The van der Waals surface area contributed by atoms with Crippen LogP contribution in [0.4, 0.5) is 11.5 Å². The van der Waals surface area contributed by atoms with Crippen molar-refractivity contribution >= 4 is 23.1 Å². The first-order valence-corrected chi connectivity index (χ1v) is 5.77. The largest absolute Gasteiger partial charge is 0.494 e. The van der Waals surface area contributed by atoms with Crippen molar-refractivity contribution in [1.82, 2.24) is 4.98 Å². The first-order chi connectivity index (χ1) is 8.28. The van der Waals surface area contributed by atoms with Gasteiger partial charge in [-0.25, -0.2) is 4.98 Å². The Hall–Kier alpha value is -1.74. The van der Waals surface area contributed by atoms with E-state index in [2.05, 4.69) is 10.3 Å². The summed E-state index contributed by atoms with van der Waals surface area (Å²) in [6.45, 7) is 2.61. The first kappa shape index (κ1) is 11.7. The summed E-state index contributed by atoms with van der Waals surface area (Å²) in [5.41, 5.74) is 0.936.